The van der Waals surface area contributed by atoms with Crippen molar-refractivity contribution in [2.75, 3.05) is 0 Å². The van der Waals surface area contributed by atoms with Crippen molar-refractivity contribution in [3.63, 3.8) is 0 Å². The lowest BCUT2D eigenvalue weighted by Crippen LogP contribution is -2.04. The van der Waals surface area contributed by atoms with Gasteiger partial charge < -0.3 is 9.63 Å². The average molecular weight is 252 g/mol. The van der Waals surface area contributed by atoms with E-state index in [9.17, 15) is 4.79 Å². The Morgan fingerprint density at radius 3 is 2.56 bits per heavy atom. The summed E-state index contributed by atoms with van der Waals surface area (Å²) in [5.74, 6) is 0.792. The number of aliphatic carboxylic acids is 1. The summed E-state index contributed by atoms with van der Waals surface area (Å²) in [4.78, 5) is 14.8. The van der Waals surface area contributed by atoms with Gasteiger partial charge in [0.15, 0.2) is 5.82 Å². The van der Waals surface area contributed by atoms with Crippen molar-refractivity contribution in [2.45, 2.75) is 63.7 Å². The standard InChI is InChI=1S/C13H20N2O3/c16-12(17)9-8-11-14-13(15-18-11)10-6-4-2-1-3-5-7-10/h10H,1-9H2,(H,16,17). The number of nitrogens with zero attached hydrogens (tertiary/aromatic N) is 2. The van der Waals surface area contributed by atoms with E-state index in [0.29, 0.717) is 18.2 Å². The molecule has 1 heterocycles. The fraction of sp³-hybridized carbons (Fsp3) is 0.769. The van der Waals surface area contributed by atoms with Crippen molar-refractivity contribution in [1.82, 2.24) is 10.1 Å². The average Bonchev–Trinajstić information content (AvgIpc) is 2.74. The highest BCUT2D eigenvalue weighted by Gasteiger charge is 2.19. The van der Waals surface area contributed by atoms with Crippen LogP contribution in [-0.4, -0.2) is 21.2 Å². The number of rotatable bonds is 4. The van der Waals surface area contributed by atoms with Crippen molar-refractivity contribution >= 4 is 5.97 Å². The second-order valence-electron chi connectivity index (χ2n) is 4.98. The highest BCUT2D eigenvalue weighted by molar-refractivity contribution is 5.66. The summed E-state index contributed by atoms with van der Waals surface area (Å²) < 4.78 is 5.12. The van der Waals surface area contributed by atoms with Crippen LogP contribution in [0, 0.1) is 0 Å². The number of carbonyl (C=O) groups is 1. The van der Waals surface area contributed by atoms with Crippen LogP contribution in [-0.2, 0) is 11.2 Å². The molecule has 0 unspecified atom stereocenters. The quantitative estimate of drug-likeness (QED) is 0.891. The van der Waals surface area contributed by atoms with Crippen molar-refractivity contribution in [1.29, 1.82) is 0 Å². The Morgan fingerprint density at radius 2 is 1.89 bits per heavy atom. The van der Waals surface area contributed by atoms with Gasteiger partial charge in [0.2, 0.25) is 5.89 Å². The number of aromatic nitrogens is 2. The van der Waals surface area contributed by atoms with E-state index in [-0.39, 0.29) is 6.42 Å². The topological polar surface area (TPSA) is 76.2 Å². The Morgan fingerprint density at radius 1 is 1.22 bits per heavy atom. The third-order valence-corrected chi connectivity index (χ3v) is 3.51. The van der Waals surface area contributed by atoms with Gasteiger partial charge in [-0.1, -0.05) is 37.3 Å². The zero-order valence-corrected chi connectivity index (χ0v) is 10.6. The van der Waals surface area contributed by atoms with Crippen LogP contribution in [0.3, 0.4) is 0 Å². The third kappa shape index (κ3) is 3.82. The molecule has 1 aromatic heterocycles. The van der Waals surface area contributed by atoms with E-state index in [1.807, 2.05) is 0 Å². The second kappa shape index (κ2) is 6.52. The number of hydrogen-bond donors (Lipinski definition) is 1. The number of carboxylic acid groups (broad SMARTS) is 1. The third-order valence-electron chi connectivity index (χ3n) is 3.51. The Labute approximate surface area is 107 Å². The zero-order valence-electron chi connectivity index (χ0n) is 10.6. The molecule has 0 saturated heterocycles. The molecule has 0 bridgehead atoms. The van der Waals surface area contributed by atoms with E-state index in [4.69, 9.17) is 9.63 Å². The smallest absolute Gasteiger partial charge is 0.303 e. The van der Waals surface area contributed by atoms with Crippen LogP contribution in [0.15, 0.2) is 4.52 Å². The van der Waals surface area contributed by atoms with E-state index in [2.05, 4.69) is 10.1 Å². The van der Waals surface area contributed by atoms with E-state index in [0.717, 1.165) is 18.7 Å². The minimum atomic E-state index is -0.833. The van der Waals surface area contributed by atoms with Crippen molar-refractivity contribution in [3.05, 3.63) is 11.7 Å². The molecule has 1 saturated carbocycles. The summed E-state index contributed by atoms with van der Waals surface area (Å²) in [5, 5.41) is 12.6. The molecular weight excluding hydrogens is 232 g/mol. The molecule has 5 heteroatoms. The fourth-order valence-electron chi connectivity index (χ4n) is 2.46. The summed E-state index contributed by atoms with van der Waals surface area (Å²) in [6.07, 6.45) is 8.99. The summed E-state index contributed by atoms with van der Waals surface area (Å²) in [5.41, 5.74) is 0. The van der Waals surface area contributed by atoms with Crippen molar-refractivity contribution in [3.8, 4) is 0 Å². The summed E-state index contributed by atoms with van der Waals surface area (Å²) in [6.45, 7) is 0. The van der Waals surface area contributed by atoms with E-state index < -0.39 is 5.97 Å². The van der Waals surface area contributed by atoms with Crippen molar-refractivity contribution < 1.29 is 14.4 Å². The Hall–Kier alpha value is -1.39. The lowest BCUT2D eigenvalue weighted by atomic mass is 9.91. The number of aryl methyl sites for hydroxylation is 1. The Bertz CT molecular complexity index is 381. The molecule has 1 aliphatic rings. The minimum Gasteiger partial charge on any atom is -0.481 e. The predicted molar refractivity (Wildman–Crippen MR) is 65.3 cm³/mol. The summed E-state index contributed by atoms with van der Waals surface area (Å²) in [6, 6.07) is 0. The molecule has 0 spiro atoms. The SMILES string of the molecule is O=C(O)CCc1nc(C2CCCCCCC2)no1. The maximum atomic E-state index is 10.5. The molecule has 0 aliphatic heterocycles. The molecule has 0 aromatic carbocycles. The van der Waals surface area contributed by atoms with Gasteiger partial charge >= 0.3 is 5.97 Å². The first-order valence-electron chi connectivity index (χ1n) is 6.80. The molecule has 0 amide bonds. The van der Waals surface area contributed by atoms with Gasteiger partial charge in [0.1, 0.15) is 0 Å². The second-order valence-corrected chi connectivity index (χ2v) is 4.98. The molecule has 1 N–H and O–H groups in total. The van der Waals surface area contributed by atoms with Gasteiger partial charge in [-0.25, -0.2) is 0 Å². The molecule has 100 valence electrons. The van der Waals surface area contributed by atoms with Crippen molar-refractivity contribution in [2.24, 2.45) is 0 Å². The predicted octanol–water partition coefficient (Wildman–Crippen LogP) is 2.91. The monoisotopic (exact) mass is 252 g/mol. The maximum Gasteiger partial charge on any atom is 0.303 e. The van der Waals surface area contributed by atoms with Crippen LogP contribution in [0.1, 0.15) is 69.0 Å². The molecular formula is C13H20N2O3. The van der Waals surface area contributed by atoms with E-state index in [1.54, 1.807) is 0 Å². The van der Waals surface area contributed by atoms with Crippen LogP contribution in [0.2, 0.25) is 0 Å². The van der Waals surface area contributed by atoms with Gasteiger partial charge in [-0.3, -0.25) is 4.79 Å². The van der Waals surface area contributed by atoms with Crippen LogP contribution >= 0.6 is 0 Å². The normalized spacial score (nSPS) is 18.2. The number of hydrogen-bond acceptors (Lipinski definition) is 4. The van der Waals surface area contributed by atoms with Crippen LogP contribution < -0.4 is 0 Å². The first-order valence-corrected chi connectivity index (χ1v) is 6.80. The highest BCUT2D eigenvalue weighted by Crippen LogP contribution is 2.29. The maximum absolute atomic E-state index is 10.5. The van der Waals surface area contributed by atoms with Gasteiger partial charge in [0, 0.05) is 12.3 Å². The largest absolute Gasteiger partial charge is 0.481 e. The lowest BCUT2D eigenvalue weighted by Gasteiger charge is -2.15. The van der Waals surface area contributed by atoms with E-state index in [1.165, 1.54) is 32.1 Å². The fourth-order valence-corrected chi connectivity index (χ4v) is 2.46. The molecule has 1 aliphatic carbocycles. The Balaban J connectivity index is 1.92. The molecule has 2 rings (SSSR count). The van der Waals surface area contributed by atoms with Gasteiger partial charge in [0.25, 0.3) is 0 Å². The molecule has 0 radical (unpaired) electrons. The van der Waals surface area contributed by atoms with Gasteiger partial charge in [-0.2, -0.15) is 4.98 Å². The van der Waals surface area contributed by atoms with Gasteiger partial charge in [-0.15, -0.1) is 0 Å². The van der Waals surface area contributed by atoms with Crippen LogP contribution in [0.5, 0.6) is 0 Å². The molecule has 5 nitrogen and oxygen atoms in total. The Kier molecular flexibility index (Phi) is 4.73. The molecule has 1 fully saturated rings. The summed E-state index contributed by atoms with van der Waals surface area (Å²) >= 11 is 0. The van der Waals surface area contributed by atoms with Crippen LogP contribution in [0.25, 0.3) is 0 Å². The van der Waals surface area contributed by atoms with Gasteiger partial charge in [0.05, 0.1) is 6.42 Å². The zero-order chi connectivity index (χ0) is 12.8. The van der Waals surface area contributed by atoms with E-state index >= 15 is 0 Å². The van der Waals surface area contributed by atoms with Crippen LogP contribution in [0.4, 0.5) is 0 Å². The molecule has 0 atom stereocenters. The first-order chi connectivity index (χ1) is 8.75. The van der Waals surface area contributed by atoms with Gasteiger partial charge in [-0.05, 0) is 12.8 Å². The lowest BCUT2D eigenvalue weighted by molar-refractivity contribution is -0.137. The molecule has 18 heavy (non-hydrogen) atoms. The summed E-state index contributed by atoms with van der Waals surface area (Å²) in [7, 11) is 0. The molecule has 1 aromatic rings. The first kappa shape index (κ1) is 13.1. The highest BCUT2D eigenvalue weighted by atomic mass is 16.5. The minimum absolute atomic E-state index is 0.0479. The number of carboxylic acids is 1.